The molecule has 0 aliphatic heterocycles. The first-order valence-corrected chi connectivity index (χ1v) is 5.02. The predicted molar refractivity (Wildman–Crippen MR) is 57.5 cm³/mol. The Labute approximate surface area is 93.9 Å². The number of rotatable bonds is 4. The molecule has 0 saturated carbocycles. The fourth-order valence-corrected chi connectivity index (χ4v) is 1.47. The van der Waals surface area contributed by atoms with Gasteiger partial charge in [-0.2, -0.15) is 0 Å². The average Bonchev–Trinajstić information content (AvgIpc) is 2.22. The van der Waals surface area contributed by atoms with Crippen LogP contribution in [0.15, 0.2) is 12.1 Å². The number of hydrogen-bond acceptors (Lipinski definition) is 2. The van der Waals surface area contributed by atoms with Crippen LogP contribution in [0.3, 0.4) is 0 Å². The lowest BCUT2D eigenvalue weighted by molar-refractivity contribution is 0.158. The summed E-state index contributed by atoms with van der Waals surface area (Å²) in [4.78, 5) is 0. The molecule has 1 N–H and O–H groups in total. The molecule has 0 atom stereocenters. The minimum Gasteiger partial charge on any atom is -0.496 e. The van der Waals surface area contributed by atoms with E-state index in [0.29, 0.717) is 17.7 Å². The minimum atomic E-state index is -0.928. The molecule has 0 amide bonds. The molecule has 0 bridgehead atoms. The van der Waals surface area contributed by atoms with Crippen LogP contribution in [0.1, 0.15) is 19.4 Å². The van der Waals surface area contributed by atoms with Crippen LogP contribution >= 0.6 is 0 Å². The van der Waals surface area contributed by atoms with Crippen molar-refractivity contribution in [2.24, 2.45) is 5.41 Å². The highest BCUT2D eigenvalue weighted by atomic mass is 19.2. The molecule has 0 saturated heterocycles. The van der Waals surface area contributed by atoms with E-state index < -0.39 is 17.0 Å². The van der Waals surface area contributed by atoms with Gasteiger partial charge in [0.05, 0.1) is 7.11 Å². The highest BCUT2D eigenvalue weighted by Gasteiger charge is 2.21. The van der Waals surface area contributed by atoms with Crippen molar-refractivity contribution in [1.82, 2.24) is 0 Å². The summed E-state index contributed by atoms with van der Waals surface area (Å²) in [6.45, 7) is 3.65. The minimum absolute atomic E-state index is 0.0326. The summed E-state index contributed by atoms with van der Waals surface area (Å²) < 4.78 is 31.0. The molecule has 1 aromatic rings. The molecule has 0 aliphatic rings. The predicted octanol–water partition coefficient (Wildman–Crippen LogP) is 2.53. The zero-order valence-corrected chi connectivity index (χ0v) is 9.68. The van der Waals surface area contributed by atoms with Crippen molar-refractivity contribution in [3.05, 3.63) is 29.3 Å². The maximum atomic E-state index is 13.1. The maximum Gasteiger partial charge on any atom is 0.162 e. The van der Waals surface area contributed by atoms with E-state index in [2.05, 4.69) is 0 Å². The zero-order chi connectivity index (χ0) is 12.3. The van der Waals surface area contributed by atoms with Gasteiger partial charge in [0.2, 0.25) is 0 Å². The maximum absolute atomic E-state index is 13.1. The van der Waals surface area contributed by atoms with E-state index >= 15 is 0 Å². The molecule has 90 valence electrons. The second kappa shape index (κ2) is 4.78. The van der Waals surface area contributed by atoms with Gasteiger partial charge in [0.1, 0.15) is 5.75 Å². The molecule has 0 radical (unpaired) electrons. The van der Waals surface area contributed by atoms with Crippen molar-refractivity contribution in [3.8, 4) is 5.75 Å². The Morgan fingerprint density at radius 3 is 2.31 bits per heavy atom. The summed E-state index contributed by atoms with van der Waals surface area (Å²) in [7, 11) is 1.40. The van der Waals surface area contributed by atoms with Gasteiger partial charge < -0.3 is 9.84 Å². The largest absolute Gasteiger partial charge is 0.496 e. The third-order valence-corrected chi connectivity index (χ3v) is 2.42. The number of aliphatic hydroxyl groups is 1. The molecule has 0 spiro atoms. The van der Waals surface area contributed by atoms with Gasteiger partial charge >= 0.3 is 0 Å². The van der Waals surface area contributed by atoms with E-state index in [-0.39, 0.29) is 6.61 Å². The summed E-state index contributed by atoms with van der Waals surface area (Å²) >= 11 is 0. The molecule has 0 unspecified atom stereocenters. The van der Waals surface area contributed by atoms with Gasteiger partial charge in [-0.25, -0.2) is 8.78 Å². The van der Waals surface area contributed by atoms with Crippen molar-refractivity contribution >= 4 is 0 Å². The monoisotopic (exact) mass is 230 g/mol. The number of benzene rings is 1. The topological polar surface area (TPSA) is 29.5 Å². The van der Waals surface area contributed by atoms with Crippen LogP contribution in [-0.4, -0.2) is 18.8 Å². The van der Waals surface area contributed by atoms with Crippen LogP contribution in [0.5, 0.6) is 5.75 Å². The van der Waals surface area contributed by atoms with Crippen molar-refractivity contribution in [3.63, 3.8) is 0 Å². The molecular formula is C12H16F2O2. The molecule has 2 nitrogen and oxygen atoms in total. The van der Waals surface area contributed by atoms with Crippen LogP contribution in [0, 0.1) is 17.0 Å². The Morgan fingerprint density at radius 1 is 1.25 bits per heavy atom. The molecule has 1 aromatic carbocycles. The van der Waals surface area contributed by atoms with Crippen LogP contribution < -0.4 is 4.74 Å². The van der Waals surface area contributed by atoms with Gasteiger partial charge in [-0.05, 0) is 23.5 Å². The average molecular weight is 230 g/mol. The normalized spacial score (nSPS) is 11.6. The Kier molecular flexibility index (Phi) is 3.86. The van der Waals surface area contributed by atoms with Crippen molar-refractivity contribution in [2.75, 3.05) is 13.7 Å². The van der Waals surface area contributed by atoms with Crippen LogP contribution in [-0.2, 0) is 6.42 Å². The van der Waals surface area contributed by atoms with Gasteiger partial charge in [0.25, 0.3) is 0 Å². The van der Waals surface area contributed by atoms with Crippen LogP contribution in [0.2, 0.25) is 0 Å². The number of ether oxygens (including phenoxy) is 1. The van der Waals surface area contributed by atoms with Crippen molar-refractivity contribution < 1.29 is 18.6 Å². The highest BCUT2D eigenvalue weighted by molar-refractivity contribution is 5.35. The fourth-order valence-electron chi connectivity index (χ4n) is 1.47. The molecular weight excluding hydrogens is 214 g/mol. The standard InChI is InChI=1S/C12H16F2O2/c1-12(2,7-15)6-8-4-9(13)10(14)5-11(8)16-3/h4-5,15H,6-7H2,1-3H3. The van der Waals surface area contributed by atoms with Gasteiger partial charge in [0.15, 0.2) is 11.6 Å². The van der Waals surface area contributed by atoms with E-state index in [9.17, 15) is 8.78 Å². The second-order valence-electron chi connectivity index (χ2n) is 4.58. The summed E-state index contributed by atoms with van der Waals surface area (Å²) in [6.07, 6.45) is 0.421. The highest BCUT2D eigenvalue weighted by Crippen LogP contribution is 2.29. The zero-order valence-electron chi connectivity index (χ0n) is 9.68. The molecule has 1 rings (SSSR count). The third-order valence-electron chi connectivity index (χ3n) is 2.42. The number of halogens is 2. The third kappa shape index (κ3) is 2.92. The number of methoxy groups -OCH3 is 1. The van der Waals surface area contributed by atoms with Crippen molar-refractivity contribution in [1.29, 1.82) is 0 Å². The van der Waals surface area contributed by atoms with Gasteiger partial charge in [-0.1, -0.05) is 13.8 Å². The summed E-state index contributed by atoms with van der Waals surface area (Å²) in [5.41, 5.74) is 0.165. The van der Waals surface area contributed by atoms with E-state index in [0.717, 1.165) is 12.1 Å². The lowest BCUT2D eigenvalue weighted by atomic mass is 9.86. The Hall–Kier alpha value is -1.16. The first-order chi connectivity index (χ1) is 7.39. The Balaban J connectivity index is 3.08. The molecule has 0 fully saturated rings. The Morgan fingerprint density at radius 2 is 1.81 bits per heavy atom. The molecule has 16 heavy (non-hydrogen) atoms. The number of aliphatic hydroxyl groups excluding tert-OH is 1. The van der Waals surface area contributed by atoms with E-state index in [4.69, 9.17) is 9.84 Å². The molecule has 4 heteroatoms. The van der Waals surface area contributed by atoms with Crippen LogP contribution in [0.25, 0.3) is 0 Å². The van der Waals surface area contributed by atoms with E-state index in [1.54, 1.807) is 0 Å². The quantitative estimate of drug-likeness (QED) is 0.861. The van der Waals surface area contributed by atoms with Crippen LogP contribution in [0.4, 0.5) is 8.78 Å². The lowest BCUT2D eigenvalue weighted by Crippen LogP contribution is -2.20. The summed E-state index contributed by atoms with van der Waals surface area (Å²) in [5, 5.41) is 9.13. The summed E-state index contributed by atoms with van der Waals surface area (Å²) in [6, 6.07) is 2.14. The molecule has 0 heterocycles. The van der Waals surface area contributed by atoms with E-state index in [1.807, 2.05) is 13.8 Å². The second-order valence-corrected chi connectivity index (χ2v) is 4.58. The molecule has 0 aromatic heterocycles. The molecule has 0 aliphatic carbocycles. The fraction of sp³-hybridized carbons (Fsp3) is 0.500. The van der Waals surface area contributed by atoms with Gasteiger partial charge in [-0.3, -0.25) is 0 Å². The van der Waals surface area contributed by atoms with Gasteiger partial charge in [-0.15, -0.1) is 0 Å². The first kappa shape index (κ1) is 12.9. The Bertz CT molecular complexity index is 376. The SMILES string of the molecule is COc1cc(F)c(F)cc1CC(C)(C)CO. The van der Waals surface area contributed by atoms with Crippen molar-refractivity contribution in [2.45, 2.75) is 20.3 Å². The summed E-state index contributed by atoms with van der Waals surface area (Å²) in [5.74, 6) is -1.52. The van der Waals surface area contributed by atoms with Gasteiger partial charge in [0, 0.05) is 12.7 Å². The van der Waals surface area contributed by atoms with E-state index in [1.165, 1.54) is 7.11 Å². The first-order valence-electron chi connectivity index (χ1n) is 5.02. The lowest BCUT2D eigenvalue weighted by Gasteiger charge is -2.22. The number of hydrogen-bond donors (Lipinski definition) is 1. The smallest absolute Gasteiger partial charge is 0.162 e.